The number of unbranched alkanes of at least 4 members (excludes halogenated alkanes) is 3. The number of methoxy groups -OCH3 is 1. The predicted octanol–water partition coefficient (Wildman–Crippen LogP) is 4.60. The molecule has 0 atom stereocenters. The number of amides is 3. The number of nitrogens with zero attached hydrogens (tertiary/aromatic N) is 3. The van der Waals surface area contributed by atoms with Gasteiger partial charge in [-0.1, -0.05) is 42.2 Å². The van der Waals surface area contributed by atoms with Crippen molar-refractivity contribution in [3.8, 4) is 11.1 Å². The van der Waals surface area contributed by atoms with Crippen molar-refractivity contribution in [2.75, 3.05) is 39.8 Å². The molecule has 0 saturated carbocycles. The maximum absolute atomic E-state index is 12.8. The van der Waals surface area contributed by atoms with Crippen LogP contribution in [0.4, 0.5) is 10.5 Å². The second-order valence-electron chi connectivity index (χ2n) is 10.6. The quantitative estimate of drug-likeness (QED) is 0.0718. The maximum Gasteiger partial charge on any atom is 0.407 e. The number of carbonyl (C=O) groups is 4. The van der Waals surface area contributed by atoms with E-state index in [1.54, 1.807) is 30.3 Å². The van der Waals surface area contributed by atoms with Crippen LogP contribution >= 0.6 is 0 Å². The molecule has 0 aliphatic carbocycles. The number of hydrogen-bond donors (Lipinski definition) is 4. The fourth-order valence-electron chi connectivity index (χ4n) is 4.00. The summed E-state index contributed by atoms with van der Waals surface area (Å²) >= 11 is 0. The van der Waals surface area contributed by atoms with Crippen molar-refractivity contribution in [2.45, 2.75) is 52.1 Å². The first kappa shape index (κ1) is 34.6. The van der Waals surface area contributed by atoms with Crippen LogP contribution in [-0.2, 0) is 14.3 Å². The summed E-state index contributed by atoms with van der Waals surface area (Å²) < 4.78 is 10.0. The van der Waals surface area contributed by atoms with Crippen molar-refractivity contribution in [3.63, 3.8) is 0 Å². The summed E-state index contributed by atoms with van der Waals surface area (Å²) in [6.07, 6.45) is 3.10. The van der Waals surface area contributed by atoms with Gasteiger partial charge in [-0.05, 0) is 68.5 Å². The van der Waals surface area contributed by atoms with Gasteiger partial charge in [-0.3, -0.25) is 9.59 Å². The fraction of sp³-hybridized carbons (Fsp3) is 0.467. The highest BCUT2D eigenvalue weighted by Crippen LogP contribution is 2.34. The Morgan fingerprint density at radius 3 is 2.23 bits per heavy atom. The lowest BCUT2D eigenvalue weighted by atomic mass is 9.96. The van der Waals surface area contributed by atoms with Crippen LogP contribution in [0.3, 0.4) is 0 Å². The molecule has 2 rings (SSSR count). The van der Waals surface area contributed by atoms with Gasteiger partial charge in [0.25, 0.3) is 5.91 Å². The van der Waals surface area contributed by atoms with Gasteiger partial charge in [0.15, 0.2) is 0 Å². The number of rotatable bonds is 16. The molecule has 0 aliphatic rings. The molecule has 0 bridgehead atoms. The van der Waals surface area contributed by atoms with Gasteiger partial charge in [-0.2, -0.15) is 0 Å². The Balaban J connectivity index is 1.70. The van der Waals surface area contributed by atoms with E-state index in [4.69, 9.17) is 15.0 Å². The molecular formula is C30H41N7O6. The van der Waals surface area contributed by atoms with Crippen LogP contribution in [0, 0.1) is 0 Å². The van der Waals surface area contributed by atoms with Crippen molar-refractivity contribution >= 4 is 29.6 Å². The summed E-state index contributed by atoms with van der Waals surface area (Å²) in [4.78, 5) is 51.5. The van der Waals surface area contributed by atoms with Crippen LogP contribution in [0.1, 0.15) is 67.2 Å². The molecule has 0 aliphatic heterocycles. The minimum absolute atomic E-state index is 0.116. The molecule has 13 heteroatoms. The Bertz CT molecular complexity index is 1300. The summed E-state index contributed by atoms with van der Waals surface area (Å²) in [5.41, 5.74) is 10.2. The molecule has 0 radical (unpaired) electrons. The minimum Gasteiger partial charge on any atom is -0.465 e. The molecule has 0 unspecified atom stereocenters. The molecule has 0 fully saturated rings. The first-order chi connectivity index (χ1) is 20.6. The molecule has 2 aromatic rings. The second-order valence-corrected chi connectivity index (χ2v) is 10.6. The highest BCUT2D eigenvalue weighted by Gasteiger charge is 2.17. The van der Waals surface area contributed by atoms with E-state index in [0.29, 0.717) is 36.3 Å². The van der Waals surface area contributed by atoms with Gasteiger partial charge in [0.2, 0.25) is 5.91 Å². The summed E-state index contributed by atoms with van der Waals surface area (Å²) in [5.74, 6) is -1.06. The molecule has 2 aromatic carbocycles. The lowest BCUT2D eigenvalue weighted by Gasteiger charge is -2.19. The molecule has 13 nitrogen and oxygen atoms in total. The molecule has 0 spiro atoms. The lowest BCUT2D eigenvalue weighted by Crippen LogP contribution is -2.38. The SMILES string of the molecule is COC(=O)c1ccccc1-c1cc(C(=O)NCCNCC(=O)NCCCCCCNC(=O)OC(C)(C)C)ccc1N=[N+]=[N-]. The zero-order valence-corrected chi connectivity index (χ0v) is 25.2. The highest BCUT2D eigenvalue weighted by atomic mass is 16.6. The fourth-order valence-corrected chi connectivity index (χ4v) is 4.00. The smallest absolute Gasteiger partial charge is 0.407 e. The van der Waals surface area contributed by atoms with E-state index in [9.17, 15) is 19.2 Å². The third-order valence-corrected chi connectivity index (χ3v) is 6.00. The Hall–Kier alpha value is -4.61. The monoisotopic (exact) mass is 595 g/mol. The maximum atomic E-state index is 12.8. The van der Waals surface area contributed by atoms with Crippen LogP contribution in [0.15, 0.2) is 47.6 Å². The van der Waals surface area contributed by atoms with Crippen LogP contribution in [0.25, 0.3) is 21.6 Å². The molecule has 0 aromatic heterocycles. The van der Waals surface area contributed by atoms with E-state index in [-0.39, 0.29) is 36.2 Å². The van der Waals surface area contributed by atoms with Crippen molar-refractivity contribution in [3.05, 3.63) is 64.0 Å². The number of esters is 1. The van der Waals surface area contributed by atoms with E-state index in [1.165, 1.54) is 19.2 Å². The van der Waals surface area contributed by atoms with Crippen molar-refractivity contribution in [1.82, 2.24) is 21.3 Å². The number of nitrogens with one attached hydrogen (secondary N) is 4. The van der Waals surface area contributed by atoms with Gasteiger partial charge in [0.05, 0.1) is 19.2 Å². The number of benzene rings is 2. The number of carbonyl (C=O) groups excluding carboxylic acids is 4. The molecule has 43 heavy (non-hydrogen) atoms. The molecular weight excluding hydrogens is 554 g/mol. The van der Waals surface area contributed by atoms with Crippen molar-refractivity contribution in [2.24, 2.45) is 5.11 Å². The van der Waals surface area contributed by atoms with E-state index >= 15 is 0 Å². The summed E-state index contributed by atoms with van der Waals surface area (Å²) in [6, 6.07) is 11.3. The highest BCUT2D eigenvalue weighted by molar-refractivity contribution is 6.01. The van der Waals surface area contributed by atoms with Crippen molar-refractivity contribution < 1.29 is 28.7 Å². The summed E-state index contributed by atoms with van der Waals surface area (Å²) in [7, 11) is 1.27. The number of alkyl carbamates (subject to hydrolysis) is 1. The topological polar surface area (TPSA) is 184 Å². The zero-order chi connectivity index (χ0) is 31.7. The number of hydrogen-bond acceptors (Lipinski definition) is 8. The zero-order valence-electron chi connectivity index (χ0n) is 25.2. The van der Waals surface area contributed by atoms with Crippen molar-refractivity contribution in [1.29, 1.82) is 0 Å². The van der Waals surface area contributed by atoms with Crippen LogP contribution in [0.2, 0.25) is 0 Å². The Morgan fingerprint density at radius 1 is 0.860 bits per heavy atom. The van der Waals surface area contributed by atoms with Gasteiger partial charge in [-0.15, -0.1) is 0 Å². The van der Waals surface area contributed by atoms with E-state index < -0.39 is 17.7 Å². The van der Waals surface area contributed by atoms with Gasteiger partial charge in [0, 0.05) is 42.3 Å². The third-order valence-electron chi connectivity index (χ3n) is 6.00. The number of ether oxygens (including phenoxy) is 2. The van der Waals surface area contributed by atoms with Crippen LogP contribution in [0.5, 0.6) is 0 Å². The Morgan fingerprint density at radius 2 is 1.56 bits per heavy atom. The van der Waals surface area contributed by atoms with Crippen LogP contribution < -0.4 is 21.3 Å². The normalized spacial score (nSPS) is 10.7. The lowest BCUT2D eigenvalue weighted by molar-refractivity contribution is -0.120. The first-order valence-electron chi connectivity index (χ1n) is 14.1. The molecule has 3 amide bonds. The molecule has 232 valence electrons. The Kier molecular flexibility index (Phi) is 14.5. The van der Waals surface area contributed by atoms with E-state index in [0.717, 1.165) is 25.7 Å². The van der Waals surface area contributed by atoms with Crippen LogP contribution in [-0.4, -0.2) is 69.3 Å². The van der Waals surface area contributed by atoms with Gasteiger partial charge >= 0.3 is 12.1 Å². The largest absolute Gasteiger partial charge is 0.465 e. The minimum atomic E-state index is -0.558. The third kappa shape index (κ3) is 12.8. The Labute approximate surface area is 251 Å². The first-order valence-corrected chi connectivity index (χ1v) is 14.1. The predicted molar refractivity (Wildman–Crippen MR) is 163 cm³/mol. The second kappa shape index (κ2) is 18.0. The number of azide groups is 1. The van der Waals surface area contributed by atoms with Gasteiger partial charge in [0.1, 0.15) is 5.60 Å². The average molecular weight is 596 g/mol. The van der Waals surface area contributed by atoms with Gasteiger partial charge < -0.3 is 30.7 Å². The summed E-state index contributed by atoms with van der Waals surface area (Å²) in [6.45, 7) is 7.32. The van der Waals surface area contributed by atoms with E-state index in [1.807, 2.05) is 20.8 Å². The summed E-state index contributed by atoms with van der Waals surface area (Å²) in [5, 5.41) is 15.1. The standard InChI is InChI=1S/C30H41N7O6/c1-30(2,3)43-29(41)35-16-10-6-5-9-15-33-26(38)20-32-17-18-34-27(39)21-13-14-25(36-37-31)24(19-21)22-11-7-8-12-23(22)28(40)42-4/h7-8,11-14,19,32H,5-6,9-10,15-18,20H2,1-4H3,(H,33,38)(H,34,39)(H,35,41). The van der Waals surface area contributed by atoms with Gasteiger partial charge in [-0.25, -0.2) is 9.59 Å². The molecule has 0 heterocycles. The molecule has 0 saturated heterocycles. The van der Waals surface area contributed by atoms with E-state index in [2.05, 4.69) is 31.3 Å². The molecule has 4 N–H and O–H groups in total. The average Bonchev–Trinajstić information content (AvgIpc) is 2.97.